The van der Waals surface area contributed by atoms with Crippen LogP contribution < -0.4 is 10.2 Å². The first-order valence-corrected chi connectivity index (χ1v) is 7.63. The van der Waals surface area contributed by atoms with Gasteiger partial charge in [0.25, 0.3) is 0 Å². The average Bonchev–Trinajstić information content (AvgIpc) is 2.55. The van der Waals surface area contributed by atoms with Crippen molar-refractivity contribution in [2.45, 2.75) is 13.5 Å². The molecule has 1 saturated heterocycles. The van der Waals surface area contributed by atoms with E-state index in [2.05, 4.69) is 68.5 Å². The highest BCUT2D eigenvalue weighted by Gasteiger charge is 2.17. The van der Waals surface area contributed by atoms with Crippen molar-refractivity contribution < 1.29 is 0 Å². The van der Waals surface area contributed by atoms with Gasteiger partial charge in [-0.2, -0.15) is 10.1 Å². The fourth-order valence-electron chi connectivity index (χ4n) is 2.42. The molecule has 0 radical (unpaired) electrons. The van der Waals surface area contributed by atoms with E-state index in [4.69, 9.17) is 0 Å². The quantitative estimate of drug-likeness (QED) is 0.924. The van der Waals surface area contributed by atoms with E-state index in [1.54, 1.807) is 6.20 Å². The van der Waals surface area contributed by atoms with E-state index in [9.17, 15) is 0 Å². The molecule has 0 aliphatic carbocycles. The number of hydrogen-bond donors (Lipinski definition) is 1. The molecule has 116 valence electrons. The van der Waals surface area contributed by atoms with Crippen LogP contribution in [-0.4, -0.2) is 53.3 Å². The molecule has 1 aliphatic rings. The Kier molecular flexibility index (Phi) is 4.48. The van der Waals surface area contributed by atoms with Crippen LogP contribution in [-0.2, 0) is 6.54 Å². The molecule has 1 fully saturated rings. The van der Waals surface area contributed by atoms with Crippen LogP contribution in [0.2, 0.25) is 0 Å². The number of hydrogen-bond acceptors (Lipinski definition) is 6. The van der Waals surface area contributed by atoms with Gasteiger partial charge in [-0.25, -0.2) is 0 Å². The molecule has 0 saturated carbocycles. The van der Waals surface area contributed by atoms with Crippen molar-refractivity contribution in [3.8, 4) is 0 Å². The van der Waals surface area contributed by atoms with Crippen molar-refractivity contribution in [2.75, 3.05) is 43.4 Å². The maximum absolute atomic E-state index is 4.58. The van der Waals surface area contributed by atoms with Crippen LogP contribution in [0.5, 0.6) is 0 Å². The third kappa shape index (κ3) is 3.71. The normalized spacial score (nSPS) is 15.8. The standard InChI is InChI=1S/C16H22N6/c1-13-3-5-14(6-4-13)11-17-15-12-18-20-16(19-15)22-9-7-21(2)8-10-22/h3-6,12H,7-11H2,1-2H3,(H,17,19,20). The average molecular weight is 298 g/mol. The number of nitrogens with one attached hydrogen (secondary N) is 1. The number of rotatable bonds is 4. The second-order valence-electron chi connectivity index (χ2n) is 5.77. The van der Waals surface area contributed by atoms with Crippen LogP contribution in [0.4, 0.5) is 11.8 Å². The predicted octanol–water partition coefficient (Wildman–Crippen LogP) is 1.54. The Hall–Kier alpha value is -2.21. The van der Waals surface area contributed by atoms with Gasteiger partial charge in [-0.05, 0) is 19.5 Å². The van der Waals surface area contributed by atoms with Crippen molar-refractivity contribution >= 4 is 11.8 Å². The molecular weight excluding hydrogens is 276 g/mol. The second kappa shape index (κ2) is 6.70. The summed E-state index contributed by atoms with van der Waals surface area (Å²) < 4.78 is 0. The Morgan fingerprint density at radius 3 is 2.55 bits per heavy atom. The van der Waals surface area contributed by atoms with Crippen LogP contribution in [0, 0.1) is 6.92 Å². The lowest BCUT2D eigenvalue weighted by Crippen LogP contribution is -2.45. The van der Waals surface area contributed by atoms with Crippen LogP contribution >= 0.6 is 0 Å². The van der Waals surface area contributed by atoms with Gasteiger partial charge in [-0.15, -0.1) is 5.10 Å². The monoisotopic (exact) mass is 298 g/mol. The van der Waals surface area contributed by atoms with Gasteiger partial charge in [0.1, 0.15) is 0 Å². The lowest BCUT2D eigenvalue weighted by molar-refractivity contribution is 0.311. The predicted molar refractivity (Wildman–Crippen MR) is 88.0 cm³/mol. The lowest BCUT2D eigenvalue weighted by Gasteiger charge is -2.32. The zero-order valence-corrected chi connectivity index (χ0v) is 13.2. The zero-order chi connectivity index (χ0) is 15.4. The first-order valence-electron chi connectivity index (χ1n) is 7.63. The summed E-state index contributed by atoms with van der Waals surface area (Å²) >= 11 is 0. The summed E-state index contributed by atoms with van der Waals surface area (Å²) in [6, 6.07) is 8.48. The number of likely N-dealkylation sites (N-methyl/N-ethyl adjacent to an activating group) is 1. The zero-order valence-electron chi connectivity index (χ0n) is 13.2. The minimum absolute atomic E-state index is 0.710. The number of aromatic nitrogens is 3. The van der Waals surface area contributed by atoms with Crippen LogP contribution in [0.25, 0.3) is 0 Å². The van der Waals surface area contributed by atoms with E-state index in [0.29, 0.717) is 5.95 Å². The van der Waals surface area contributed by atoms with Crippen LogP contribution in [0.15, 0.2) is 30.5 Å². The van der Waals surface area contributed by atoms with Gasteiger partial charge in [-0.1, -0.05) is 29.8 Å². The fraction of sp³-hybridized carbons (Fsp3) is 0.438. The largest absolute Gasteiger partial charge is 0.365 e. The summed E-state index contributed by atoms with van der Waals surface area (Å²) in [4.78, 5) is 9.07. The van der Waals surface area contributed by atoms with Gasteiger partial charge in [0.15, 0.2) is 5.82 Å². The van der Waals surface area contributed by atoms with Crippen molar-refractivity contribution in [3.05, 3.63) is 41.6 Å². The van der Waals surface area contributed by atoms with Crippen LogP contribution in [0.3, 0.4) is 0 Å². The Labute approximate surface area is 131 Å². The Balaban J connectivity index is 1.62. The van der Waals surface area contributed by atoms with Gasteiger partial charge in [0.05, 0.1) is 6.20 Å². The number of aryl methyl sites for hydroxylation is 1. The first-order chi connectivity index (χ1) is 10.7. The van der Waals surface area contributed by atoms with Gasteiger partial charge in [0.2, 0.25) is 5.95 Å². The van der Waals surface area contributed by atoms with E-state index in [1.165, 1.54) is 11.1 Å². The molecule has 3 rings (SSSR count). The molecule has 2 heterocycles. The Morgan fingerprint density at radius 2 is 1.82 bits per heavy atom. The molecule has 0 bridgehead atoms. The van der Waals surface area contributed by atoms with E-state index in [-0.39, 0.29) is 0 Å². The molecule has 1 aliphatic heterocycles. The molecule has 0 spiro atoms. The Morgan fingerprint density at radius 1 is 1.09 bits per heavy atom. The minimum atomic E-state index is 0.710. The molecule has 0 unspecified atom stereocenters. The maximum Gasteiger partial charge on any atom is 0.247 e. The summed E-state index contributed by atoms with van der Waals surface area (Å²) in [7, 11) is 2.13. The summed E-state index contributed by atoms with van der Waals surface area (Å²) in [6.45, 7) is 6.78. The van der Waals surface area contributed by atoms with Crippen molar-refractivity contribution in [3.63, 3.8) is 0 Å². The SMILES string of the molecule is Cc1ccc(CNc2cnnc(N3CCN(C)CC3)n2)cc1. The smallest absolute Gasteiger partial charge is 0.247 e. The summed E-state index contributed by atoms with van der Waals surface area (Å²) in [6.07, 6.45) is 1.67. The topological polar surface area (TPSA) is 57.2 Å². The number of anilines is 2. The van der Waals surface area contributed by atoms with E-state index < -0.39 is 0 Å². The number of nitrogens with zero attached hydrogens (tertiary/aromatic N) is 5. The molecule has 0 amide bonds. The second-order valence-corrected chi connectivity index (χ2v) is 5.77. The van der Waals surface area contributed by atoms with Gasteiger partial charge in [0, 0.05) is 32.7 Å². The van der Waals surface area contributed by atoms with E-state index in [1.807, 2.05) is 0 Å². The highest BCUT2D eigenvalue weighted by atomic mass is 15.4. The molecule has 6 heteroatoms. The van der Waals surface area contributed by atoms with E-state index in [0.717, 1.165) is 38.5 Å². The molecular formula is C16H22N6. The minimum Gasteiger partial charge on any atom is -0.365 e. The first kappa shape index (κ1) is 14.7. The molecule has 1 aromatic carbocycles. The van der Waals surface area contributed by atoms with Gasteiger partial charge < -0.3 is 15.1 Å². The third-order valence-corrected chi connectivity index (χ3v) is 3.93. The van der Waals surface area contributed by atoms with Crippen molar-refractivity contribution in [2.24, 2.45) is 0 Å². The summed E-state index contributed by atoms with van der Waals surface area (Å²) in [5.74, 6) is 1.48. The molecule has 2 aromatic rings. The van der Waals surface area contributed by atoms with Crippen LogP contribution in [0.1, 0.15) is 11.1 Å². The van der Waals surface area contributed by atoms with Crippen molar-refractivity contribution in [1.29, 1.82) is 0 Å². The molecule has 1 N–H and O–H groups in total. The number of piperazine rings is 1. The van der Waals surface area contributed by atoms with Crippen molar-refractivity contribution in [1.82, 2.24) is 20.1 Å². The highest BCUT2D eigenvalue weighted by Crippen LogP contribution is 2.12. The number of benzene rings is 1. The molecule has 1 aromatic heterocycles. The van der Waals surface area contributed by atoms with Gasteiger partial charge >= 0.3 is 0 Å². The summed E-state index contributed by atoms with van der Waals surface area (Å²) in [5, 5.41) is 11.6. The molecule has 0 atom stereocenters. The molecule has 22 heavy (non-hydrogen) atoms. The van der Waals surface area contributed by atoms with E-state index >= 15 is 0 Å². The fourth-order valence-corrected chi connectivity index (χ4v) is 2.42. The van der Waals surface area contributed by atoms with Gasteiger partial charge in [-0.3, -0.25) is 0 Å². The maximum atomic E-state index is 4.58. The Bertz CT molecular complexity index is 604. The lowest BCUT2D eigenvalue weighted by atomic mass is 10.1. The molecule has 6 nitrogen and oxygen atoms in total. The summed E-state index contributed by atoms with van der Waals surface area (Å²) in [5.41, 5.74) is 2.50. The third-order valence-electron chi connectivity index (χ3n) is 3.93. The highest BCUT2D eigenvalue weighted by molar-refractivity contribution is 5.40.